The molecule has 0 bridgehead atoms. The Morgan fingerprint density at radius 3 is 2.21 bits per heavy atom. The molecule has 1 amide bonds. The number of hydrogen-bond donors (Lipinski definition) is 1. The van der Waals surface area contributed by atoms with Crippen LogP contribution in [0.4, 0.5) is 0 Å². The number of nitrogens with one attached hydrogen (secondary N) is 1. The predicted molar refractivity (Wildman–Crippen MR) is 72.2 cm³/mol. The Bertz CT molecular complexity index is 659. The zero-order valence-corrected chi connectivity index (χ0v) is 10.5. The number of fused-ring (bicyclic) bond motifs is 1. The summed E-state index contributed by atoms with van der Waals surface area (Å²) in [5.41, 5.74) is 2.89. The van der Waals surface area contributed by atoms with E-state index in [1.807, 2.05) is 31.2 Å². The highest BCUT2D eigenvalue weighted by molar-refractivity contribution is 6.15. The minimum absolute atomic E-state index is 0.0564. The summed E-state index contributed by atoms with van der Waals surface area (Å²) in [6.07, 6.45) is 0. The largest absolute Gasteiger partial charge is 0.338 e. The Morgan fingerprint density at radius 1 is 0.895 bits per heavy atom. The number of Topliss-reactive ketones (excluding diaryl/α,β-unsaturated/α-hetero) is 1. The van der Waals surface area contributed by atoms with E-state index in [1.165, 1.54) is 0 Å². The number of benzene rings is 2. The molecule has 1 unspecified atom stereocenters. The van der Waals surface area contributed by atoms with E-state index < -0.39 is 6.04 Å². The van der Waals surface area contributed by atoms with Gasteiger partial charge in [-0.15, -0.1) is 0 Å². The van der Waals surface area contributed by atoms with Gasteiger partial charge in [-0.2, -0.15) is 0 Å². The first-order chi connectivity index (χ1) is 9.16. The molecule has 1 N–H and O–H groups in total. The lowest BCUT2D eigenvalue weighted by atomic mass is 9.90. The molecule has 0 radical (unpaired) electrons. The van der Waals surface area contributed by atoms with Crippen LogP contribution in [0.5, 0.6) is 0 Å². The molecule has 1 heterocycles. The summed E-state index contributed by atoms with van der Waals surface area (Å²) in [5, 5.41) is 2.77. The minimum Gasteiger partial charge on any atom is -0.338 e. The van der Waals surface area contributed by atoms with Gasteiger partial charge in [0.1, 0.15) is 6.04 Å². The standard InChI is InChI=1S/C16H13NO2/c1-10-6-8-11(9-7-10)14-15(18)12-4-2-3-5-13(12)16(19)17-14/h2-9,14H,1H3,(H,17,19). The van der Waals surface area contributed by atoms with E-state index in [-0.39, 0.29) is 11.7 Å². The molecule has 0 fully saturated rings. The van der Waals surface area contributed by atoms with E-state index in [0.717, 1.165) is 11.1 Å². The SMILES string of the molecule is Cc1ccc(C2NC(=O)c3ccccc3C2=O)cc1. The minimum atomic E-state index is -0.581. The lowest BCUT2D eigenvalue weighted by molar-refractivity contribution is 0.0828. The van der Waals surface area contributed by atoms with E-state index in [4.69, 9.17) is 0 Å². The molecule has 0 aliphatic carbocycles. The molecule has 0 spiro atoms. The molecule has 0 saturated heterocycles. The Morgan fingerprint density at radius 2 is 1.53 bits per heavy atom. The Balaban J connectivity index is 2.05. The quantitative estimate of drug-likeness (QED) is 0.847. The highest BCUT2D eigenvalue weighted by Crippen LogP contribution is 2.25. The number of carbonyl (C=O) groups is 2. The van der Waals surface area contributed by atoms with Crippen LogP contribution < -0.4 is 5.32 Å². The van der Waals surface area contributed by atoms with Crippen molar-refractivity contribution in [1.82, 2.24) is 5.32 Å². The van der Waals surface area contributed by atoms with Crippen molar-refractivity contribution in [2.45, 2.75) is 13.0 Å². The van der Waals surface area contributed by atoms with Crippen molar-refractivity contribution >= 4 is 11.7 Å². The number of carbonyl (C=O) groups excluding carboxylic acids is 2. The number of ketones is 1. The highest BCUT2D eigenvalue weighted by atomic mass is 16.2. The van der Waals surface area contributed by atoms with Gasteiger partial charge in [0.2, 0.25) is 0 Å². The molecule has 3 heteroatoms. The van der Waals surface area contributed by atoms with Crippen LogP contribution >= 0.6 is 0 Å². The maximum absolute atomic E-state index is 12.4. The summed E-state index contributed by atoms with van der Waals surface area (Å²) in [4.78, 5) is 24.5. The van der Waals surface area contributed by atoms with Crippen LogP contribution in [-0.4, -0.2) is 11.7 Å². The molecule has 19 heavy (non-hydrogen) atoms. The fourth-order valence-corrected chi connectivity index (χ4v) is 2.32. The average Bonchev–Trinajstić information content (AvgIpc) is 2.44. The van der Waals surface area contributed by atoms with E-state index >= 15 is 0 Å². The van der Waals surface area contributed by atoms with Crippen LogP contribution in [0.3, 0.4) is 0 Å². The molecule has 94 valence electrons. The smallest absolute Gasteiger partial charge is 0.252 e. The third kappa shape index (κ3) is 1.93. The van der Waals surface area contributed by atoms with E-state index in [0.29, 0.717) is 11.1 Å². The lowest BCUT2D eigenvalue weighted by Crippen LogP contribution is -2.39. The summed E-state index contributed by atoms with van der Waals surface area (Å²) in [5.74, 6) is -0.250. The fraction of sp³-hybridized carbons (Fsp3) is 0.125. The monoisotopic (exact) mass is 251 g/mol. The molecule has 1 aliphatic heterocycles. The third-order valence-corrected chi connectivity index (χ3v) is 3.39. The Hall–Kier alpha value is -2.42. The molecule has 0 saturated carbocycles. The molecular weight excluding hydrogens is 238 g/mol. The topological polar surface area (TPSA) is 46.2 Å². The van der Waals surface area contributed by atoms with Crippen molar-refractivity contribution < 1.29 is 9.59 Å². The van der Waals surface area contributed by atoms with Crippen molar-refractivity contribution in [3.63, 3.8) is 0 Å². The Kier molecular flexibility index (Phi) is 2.67. The van der Waals surface area contributed by atoms with Gasteiger partial charge in [0, 0.05) is 5.56 Å². The molecule has 0 aromatic heterocycles. The summed E-state index contributed by atoms with van der Waals surface area (Å²) in [6, 6.07) is 14.0. The van der Waals surface area contributed by atoms with Gasteiger partial charge < -0.3 is 5.32 Å². The highest BCUT2D eigenvalue weighted by Gasteiger charge is 2.32. The van der Waals surface area contributed by atoms with Crippen LogP contribution in [0.15, 0.2) is 48.5 Å². The van der Waals surface area contributed by atoms with Crippen LogP contribution in [0, 0.1) is 6.92 Å². The zero-order valence-electron chi connectivity index (χ0n) is 10.5. The summed E-state index contributed by atoms with van der Waals surface area (Å²) >= 11 is 0. The maximum atomic E-state index is 12.4. The normalized spacial score (nSPS) is 17.8. The summed E-state index contributed by atoms with van der Waals surface area (Å²) in [6.45, 7) is 1.99. The van der Waals surface area contributed by atoms with Gasteiger partial charge in [-0.3, -0.25) is 9.59 Å². The summed E-state index contributed by atoms with van der Waals surface area (Å²) < 4.78 is 0. The second-order valence-electron chi connectivity index (χ2n) is 4.73. The van der Waals surface area contributed by atoms with E-state index in [9.17, 15) is 9.59 Å². The van der Waals surface area contributed by atoms with Gasteiger partial charge in [-0.05, 0) is 18.6 Å². The van der Waals surface area contributed by atoms with E-state index in [2.05, 4.69) is 5.32 Å². The molecule has 3 nitrogen and oxygen atoms in total. The number of hydrogen-bond acceptors (Lipinski definition) is 2. The van der Waals surface area contributed by atoms with Crippen LogP contribution in [0.1, 0.15) is 37.9 Å². The second kappa shape index (κ2) is 4.35. The Labute approximate surface area is 111 Å². The van der Waals surface area contributed by atoms with Crippen LogP contribution in [0.25, 0.3) is 0 Å². The molecule has 1 aliphatic rings. The molecule has 2 aromatic carbocycles. The zero-order chi connectivity index (χ0) is 13.4. The van der Waals surface area contributed by atoms with Crippen molar-refractivity contribution in [3.05, 3.63) is 70.8 Å². The van der Waals surface area contributed by atoms with Crippen molar-refractivity contribution in [3.8, 4) is 0 Å². The van der Waals surface area contributed by atoms with Gasteiger partial charge in [0.15, 0.2) is 5.78 Å². The van der Waals surface area contributed by atoms with E-state index in [1.54, 1.807) is 24.3 Å². The third-order valence-electron chi connectivity index (χ3n) is 3.39. The average molecular weight is 251 g/mol. The molecule has 3 rings (SSSR count). The summed E-state index contributed by atoms with van der Waals surface area (Å²) in [7, 11) is 0. The first kappa shape index (κ1) is 11.7. The molecular formula is C16H13NO2. The number of rotatable bonds is 1. The van der Waals surface area contributed by atoms with Gasteiger partial charge >= 0.3 is 0 Å². The first-order valence-electron chi connectivity index (χ1n) is 6.17. The van der Waals surface area contributed by atoms with Gasteiger partial charge in [-0.1, -0.05) is 48.0 Å². The van der Waals surface area contributed by atoms with Gasteiger partial charge in [0.05, 0.1) is 5.56 Å². The van der Waals surface area contributed by atoms with Crippen molar-refractivity contribution in [1.29, 1.82) is 0 Å². The predicted octanol–water partition coefficient (Wildman–Crippen LogP) is 2.66. The van der Waals surface area contributed by atoms with Gasteiger partial charge in [-0.25, -0.2) is 0 Å². The second-order valence-corrected chi connectivity index (χ2v) is 4.73. The molecule has 2 aromatic rings. The fourth-order valence-electron chi connectivity index (χ4n) is 2.32. The lowest BCUT2D eigenvalue weighted by Gasteiger charge is -2.24. The molecule has 1 atom stereocenters. The number of aryl methyl sites for hydroxylation is 1. The number of amides is 1. The van der Waals surface area contributed by atoms with Crippen molar-refractivity contribution in [2.75, 3.05) is 0 Å². The van der Waals surface area contributed by atoms with Crippen molar-refractivity contribution in [2.24, 2.45) is 0 Å². The van der Waals surface area contributed by atoms with Gasteiger partial charge in [0.25, 0.3) is 5.91 Å². The van der Waals surface area contributed by atoms with Crippen LogP contribution in [-0.2, 0) is 0 Å². The first-order valence-corrected chi connectivity index (χ1v) is 6.17. The van der Waals surface area contributed by atoms with Crippen LogP contribution in [0.2, 0.25) is 0 Å². The maximum Gasteiger partial charge on any atom is 0.252 e.